The van der Waals surface area contributed by atoms with Crippen molar-refractivity contribution in [1.82, 2.24) is 41.5 Å². The smallest absolute Gasteiger partial charge is 0.408 e. The number of carbonyl (C=O) groups excluding carboxylic acids is 4. The van der Waals surface area contributed by atoms with Crippen molar-refractivity contribution < 1.29 is 42.2 Å². The fourth-order valence-electron chi connectivity index (χ4n) is 4.83. The van der Waals surface area contributed by atoms with Gasteiger partial charge in [-0.3, -0.25) is 19.2 Å². The summed E-state index contributed by atoms with van der Waals surface area (Å²) < 4.78 is 28.5. The molecule has 0 spiro atoms. The molecular formula is C29H39ClN8O9S. The van der Waals surface area contributed by atoms with Crippen LogP contribution in [0.25, 0.3) is 0 Å². The summed E-state index contributed by atoms with van der Waals surface area (Å²) in [5, 5.41) is 30.3. The van der Waals surface area contributed by atoms with Gasteiger partial charge >= 0.3 is 12.1 Å². The van der Waals surface area contributed by atoms with Gasteiger partial charge < -0.3 is 30.7 Å². The van der Waals surface area contributed by atoms with Crippen molar-refractivity contribution in [2.24, 2.45) is 5.41 Å². The third-order valence-electron chi connectivity index (χ3n) is 7.24. The number of aromatic amines is 1. The van der Waals surface area contributed by atoms with Crippen LogP contribution in [0.2, 0.25) is 0 Å². The van der Waals surface area contributed by atoms with Gasteiger partial charge in [0.05, 0.1) is 12.5 Å². The van der Waals surface area contributed by atoms with E-state index in [0.29, 0.717) is 12.0 Å². The maximum atomic E-state index is 14.0. The maximum absolute atomic E-state index is 14.0. The van der Waals surface area contributed by atoms with Gasteiger partial charge in [0.1, 0.15) is 29.1 Å². The van der Waals surface area contributed by atoms with Crippen molar-refractivity contribution in [1.29, 1.82) is 0 Å². The fourth-order valence-corrected chi connectivity index (χ4v) is 5.39. The number of H-pyrrole nitrogens is 1. The van der Waals surface area contributed by atoms with Crippen LogP contribution < -0.4 is 16.0 Å². The summed E-state index contributed by atoms with van der Waals surface area (Å²) in [5.74, 6) is -3.39. The molecule has 4 atom stereocenters. The van der Waals surface area contributed by atoms with E-state index in [1.807, 2.05) is 0 Å². The maximum Gasteiger partial charge on any atom is 0.408 e. The Bertz CT molecular complexity index is 1600. The van der Waals surface area contributed by atoms with Gasteiger partial charge in [0.15, 0.2) is 15.7 Å². The number of tetrazole rings is 1. The van der Waals surface area contributed by atoms with Crippen LogP contribution in [0.15, 0.2) is 40.8 Å². The molecule has 262 valence electrons. The topological polar surface area (TPSA) is 243 Å². The zero-order valence-electron chi connectivity index (χ0n) is 26.8. The van der Waals surface area contributed by atoms with E-state index in [4.69, 9.17) is 16.3 Å². The van der Waals surface area contributed by atoms with Crippen molar-refractivity contribution in [3.8, 4) is 0 Å². The van der Waals surface area contributed by atoms with E-state index in [-0.39, 0.29) is 31.8 Å². The number of nitrogens with zero attached hydrogens (tertiary/aromatic N) is 4. The van der Waals surface area contributed by atoms with Gasteiger partial charge in [-0.15, -0.1) is 10.2 Å². The molecule has 0 aliphatic carbocycles. The number of nitrogens with one attached hydrogen (secondary N) is 4. The number of carboxylic acid groups (broad SMARTS) is 1. The molecule has 1 aliphatic rings. The number of alkyl carbamates (subject to hydrolysis) is 1. The van der Waals surface area contributed by atoms with Crippen molar-refractivity contribution >= 4 is 51.2 Å². The van der Waals surface area contributed by atoms with Crippen LogP contribution in [0.5, 0.6) is 0 Å². The highest BCUT2D eigenvalue weighted by Gasteiger charge is 2.43. The molecule has 1 fully saturated rings. The molecule has 19 heteroatoms. The van der Waals surface area contributed by atoms with Gasteiger partial charge in [0.2, 0.25) is 17.7 Å². The molecule has 1 aromatic heterocycles. The highest BCUT2D eigenvalue weighted by atomic mass is 35.5. The molecule has 3 rings (SSSR count). The summed E-state index contributed by atoms with van der Waals surface area (Å²) in [6.07, 6.45) is 0.846. The third kappa shape index (κ3) is 11.3. The largest absolute Gasteiger partial charge is 0.481 e. The molecule has 2 heterocycles. The Morgan fingerprint density at radius 3 is 2.42 bits per heavy atom. The molecule has 0 bridgehead atoms. The molecule has 17 nitrogen and oxygen atoms in total. The molecular weight excluding hydrogens is 672 g/mol. The molecule has 5 N–H and O–H groups in total. The standard InChI is InChI=1S/C29H39ClN8O9S/c1-29(2,3)24(33-25(41)19(15-23(39)40)32-28(44)47-16-17-9-6-5-7-10-17)27(43)38-12-8-11-20(38)26(42)31-18(13-21(30)48(4,45)46)14-22-34-36-37-35-22/h5-7,9-10,13,18-20,24H,8,11-12,14-16H2,1-4H3,(H,31,42)(H,32,44)(H,33,41)(H,39,40)(H,34,35,36,37)/b21-13+/t18-,19+,20-,24?/m1/s1. The quantitative estimate of drug-likeness (QED) is 0.181. The number of hydrogen-bond acceptors (Lipinski definition) is 11. The van der Waals surface area contributed by atoms with Gasteiger partial charge in [0.25, 0.3) is 0 Å². The molecule has 48 heavy (non-hydrogen) atoms. The van der Waals surface area contributed by atoms with Crippen LogP contribution in [0.3, 0.4) is 0 Å². The lowest BCUT2D eigenvalue weighted by Gasteiger charge is -2.36. The van der Waals surface area contributed by atoms with E-state index in [2.05, 4.69) is 36.6 Å². The number of carbonyl (C=O) groups is 5. The fraction of sp³-hybridized carbons (Fsp3) is 0.517. The van der Waals surface area contributed by atoms with Gasteiger partial charge in [-0.05, 0) is 29.9 Å². The number of hydrogen-bond donors (Lipinski definition) is 5. The van der Waals surface area contributed by atoms with Gasteiger partial charge in [0, 0.05) is 19.2 Å². The zero-order chi connectivity index (χ0) is 35.6. The number of aromatic nitrogens is 4. The number of amides is 4. The van der Waals surface area contributed by atoms with E-state index < -0.39 is 80.0 Å². The Morgan fingerprint density at radius 2 is 1.83 bits per heavy atom. The summed E-state index contributed by atoms with van der Waals surface area (Å²) >= 11 is 5.97. The number of halogens is 1. The lowest BCUT2D eigenvalue weighted by molar-refractivity contribution is -0.145. The molecule has 1 unspecified atom stereocenters. The number of carboxylic acids is 1. The molecule has 0 saturated carbocycles. The number of likely N-dealkylation sites (tertiary alicyclic amines) is 1. The van der Waals surface area contributed by atoms with Crippen LogP contribution in [0.1, 0.15) is 51.4 Å². The molecule has 1 aromatic carbocycles. The van der Waals surface area contributed by atoms with E-state index in [0.717, 1.165) is 12.3 Å². The van der Waals surface area contributed by atoms with E-state index in [1.54, 1.807) is 51.1 Å². The highest BCUT2D eigenvalue weighted by molar-refractivity contribution is 7.96. The van der Waals surface area contributed by atoms with E-state index in [9.17, 15) is 37.5 Å². The van der Waals surface area contributed by atoms with E-state index >= 15 is 0 Å². The molecule has 2 aromatic rings. The number of rotatable bonds is 14. The predicted molar refractivity (Wildman–Crippen MR) is 171 cm³/mol. The SMILES string of the molecule is CC(C)(C)C(NC(=O)[C@H](CC(=O)O)NC(=O)OCc1ccccc1)C(=O)N1CCC[C@@H]1C(=O)N[C@H](/C=C(\Cl)S(C)(=O)=O)Cc1nn[nH]n1. The van der Waals surface area contributed by atoms with Gasteiger partial charge in [-0.25, -0.2) is 13.2 Å². The first-order valence-electron chi connectivity index (χ1n) is 14.9. The monoisotopic (exact) mass is 710 g/mol. The molecule has 1 aliphatic heterocycles. The van der Waals surface area contributed by atoms with Gasteiger partial charge in [-0.1, -0.05) is 67.9 Å². The Labute approximate surface area is 282 Å². The Kier molecular flexibility index (Phi) is 13.0. The Balaban J connectivity index is 1.76. The average Bonchev–Trinajstić information content (AvgIpc) is 3.70. The summed E-state index contributed by atoms with van der Waals surface area (Å²) in [6.45, 7) is 5.06. The van der Waals surface area contributed by atoms with Crippen LogP contribution in [-0.2, 0) is 46.8 Å². The minimum absolute atomic E-state index is 0.0684. The highest BCUT2D eigenvalue weighted by Crippen LogP contribution is 2.26. The lowest BCUT2D eigenvalue weighted by atomic mass is 9.85. The van der Waals surface area contributed by atoms with Crippen LogP contribution in [0, 0.1) is 5.41 Å². The van der Waals surface area contributed by atoms with Crippen molar-refractivity contribution in [3.63, 3.8) is 0 Å². The number of benzene rings is 1. The number of aliphatic carboxylic acids is 1. The molecule has 0 radical (unpaired) electrons. The van der Waals surface area contributed by atoms with Crippen molar-refractivity contribution in [2.45, 2.75) is 77.2 Å². The second-order valence-electron chi connectivity index (χ2n) is 12.2. The second kappa shape index (κ2) is 16.5. The summed E-state index contributed by atoms with van der Waals surface area (Å²) in [4.78, 5) is 66.2. The Morgan fingerprint density at radius 1 is 1.15 bits per heavy atom. The lowest BCUT2D eigenvalue weighted by Crippen LogP contribution is -2.60. The van der Waals surface area contributed by atoms with Crippen LogP contribution >= 0.6 is 11.6 Å². The summed E-state index contributed by atoms with van der Waals surface area (Å²) in [6, 6.07) is 3.89. The summed E-state index contributed by atoms with van der Waals surface area (Å²) in [5.41, 5.74) is -0.254. The van der Waals surface area contributed by atoms with Gasteiger partial charge in [-0.2, -0.15) is 5.21 Å². The average molecular weight is 711 g/mol. The Hall–Kier alpha value is -4.58. The predicted octanol–water partition coefficient (Wildman–Crippen LogP) is 0.643. The normalized spacial score (nSPS) is 17.1. The summed E-state index contributed by atoms with van der Waals surface area (Å²) in [7, 11) is -3.80. The number of ether oxygens (including phenoxy) is 1. The third-order valence-corrected chi connectivity index (χ3v) is 9.06. The van der Waals surface area contributed by atoms with Crippen molar-refractivity contribution in [3.05, 3.63) is 52.2 Å². The molecule has 4 amide bonds. The minimum atomic E-state index is -3.80. The first-order valence-corrected chi connectivity index (χ1v) is 17.1. The zero-order valence-corrected chi connectivity index (χ0v) is 28.4. The second-order valence-corrected chi connectivity index (χ2v) is 14.9. The van der Waals surface area contributed by atoms with E-state index in [1.165, 1.54) is 4.90 Å². The molecule has 1 saturated heterocycles. The minimum Gasteiger partial charge on any atom is -0.481 e. The number of sulfone groups is 1. The first kappa shape index (κ1) is 37.9. The van der Waals surface area contributed by atoms with Crippen molar-refractivity contribution in [2.75, 3.05) is 12.8 Å². The van der Waals surface area contributed by atoms with Crippen LogP contribution in [0.4, 0.5) is 4.79 Å². The van der Waals surface area contributed by atoms with Crippen LogP contribution in [-0.4, -0.2) is 106 Å². The first-order chi connectivity index (χ1) is 22.5.